The van der Waals surface area contributed by atoms with Gasteiger partial charge in [-0.15, -0.1) is 0 Å². The van der Waals surface area contributed by atoms with Gasteiger partial charge in [-0.05, 0) is 25.8 Å². The molecule has 0 aromatic carbocycles. The summed E-state index contributed by atoms with van der Waals surface area (Å²) in [6, 6.07) is 1.99. The van der Waals surface area contributed by atoms with Crippen molar-refractivity contribution in [3.05, 3.63) is 28.5 Å². The van der Waals surface area contributed by atoms with Gasteiger partial charge in [0, 0.05) is 30.9 Å². The number of carbonyl (C=O) groups excluding carboxylic acids is 1. The van der Waals surface area contributed by atoms with Crippen molar-refractivity contribution in [2.75, 3.05) is 20.2 Å². The predicted molar refractivity (Wildman–Crippen MR) is 79.9 cm³/mol. The summed E-state index contributed by atoms with van der Waals surface area (Å²) in [6.07, 6.45) is 3.84. The van der Waals surface area contributed by atoms with Gasteiger partial charge in [0.05, 0.1) is 12.8 Å². The molecular formula is C14H18N4O2S. The van der Waals surface area contributed by atoms with Crippen molar-refractivity contribution in [3.63, 3.8) is 0 Å². The van der Waals surface area contributed by atoms with Gasteiger partial charge in [-0.1, -0.05) is 11.3 Å². The van der Waals surface area contributed by atoms with Crippen LogP contribution in [0.3, 0.4) is 0 Å². The van der Waals surface area contributed by atoms with E-state index in [0.29, 0.717) is 16.0 Å². The first-order valence-electron chi connectivity index (χ1n) is 6.99. The number of nitrogens with zero attached hydrogens (tertiary/aromatic N) is 3. The quantitative estimate of drug-likeness (QED) is 0.943. The average molecular weight is 306 g/mol. The summed E-state index contributed by atoms with van der Waals surface area (Å²) in [5.41, 5.74) is 1.84. The van der Waals surface area contributed by atoms with Crippen LogP contribution in [0.1, 0.15) is 39.8 Å². The Balaban J connectivity index is 1.76. The highest BCUT2D eigenvalue weighted by Gasteiger charge is 2.28. The zero-order chi connectivity index (χ0) is 14.8. The molecule has 1 saturated heterocycles. The molecular weight excluding hydrogens is 288 g/mol. The van der Waals surface area contributed by atoms with Gasteiger partial charge in [0.2, 0.25) is 0 Å². The van der Waals surface area contributed by atoms with E-state index in [-0.39, 0.29) is 5.91 Å². The molecule has 0 aliphatic carbocycles. The predicted octanol–water partition coefficient (Wildman–Crippen LogP) is 2.20. The van der Waals surface area contributed by atoms with Crippen molar-refractivity contribution >= 4 is 17.2 Å². The second-order valence-corrected chi connectivity index (χ2v) is 6.16. The lowest BCUT2D eigenvalue weighted by atomic mass is 9.95. The van der Waals surface area contributed by atoms with Crippen molar-refractivity contribution in [2.45, 2.75) is 25.7 Å². The lowest BCUT2D eigenvalue weighted by Crippen LogP contribution is -2.39. The lowest BCUT2D eigenvalue weighted by Gasteiger charge is -2.32. The molecule has 21 heavy (non-hydrogen) atoms. The van der Waals surface area contributed by atoms with Crippen LogP contribution in [0.5, 0.6) is 5.19 Å². The van der Waals surface area contributed by atoms with Gasteiger partial charge in [-0.2, -0.15) is 5.10 Å². The van der Waals surface area contributed by atoms with Crippen LogP contribution in [0, 0.1) is 6.92 Å². The van der Waals surface area contributed by atoms with Crippen LogP contribution in [0.2, 0.25) is 0 Å². The van der Waals surface area contributed by atoms with Gasteiger partial charge in [0.25, 0.3) is 11.1 Å². The Morgan fingerprint density at radius 1 is 1.57 bits per heavy atom. The Bertz CT molecular complexity index is 623. The topological polar surface area (TPSA) is 71.1 Å². The smallest absolute Gasteiger partial charge is 0.273 e. The van der Waals surface area contributed by atoms with Gasteiger partial charge in [0.15, 0.2) is 0 Å². The third kappa shape index (κ3) is 2.78. The lowest BCUT2D eigenvalue weighted by molar-refractivity contribution is 0.0710. The number of piperidine rings is 1. The summed E-state index contributed by atoms with van der Waals surface area (Å²) in [5, 5.41) is 7.55. The molecule has 1 atom stereocenters. The van der Waals surface area contributed by atoms with Gasteiger partial charge in [-0.3, -0.25) is 9.89 Å². The maximum absolute atomic E-state index is 12.7. The molecule has 0 unspecified atom stereocenters. The molecule has 0 saturated carbocycles. The third-order valence-electron chi connectivity index (χ3n) is 3.82. The number of hydrogen-bond acceptors (Lipinski definition) is 5. The molecule has 3 heterocycles. The van der Waals surface area contributed by atoms with E-state index in [2.05, 4.69) is 15.2 Å². The SMILES string of the molecule is COc1nc(C)c(C(=O)N2CCC[C@@H](c3ccn[nH]3)C2)s1. The van der Waals surface area contributed by atoms with E-state index in [9.17, 15) is 4.79 Å². The van der Waals surface area contributed by atoms with Crippen LogP contribution in [0.4, 0.5) is 0 Å². The summed E-state index contributed by atoms with van der Waals surface area (Å²) >= 11 is 1.32. The van der Waals surface area contributed by atoms with Crippen LogP contribution in [0.25, 0.3) is 0 Å². The summed E-state index contributed by atoms with van der Waals surface area (Å²) < 4.78 is 5.12. The number of H-pyrrole nitrogens is 1. The van der Waals surface area contributed by atoms with Crippen LogP contribution >= 0.6 is 11.3 Å². The van der Waals surface area contributed by atoms with Gasteiger partial charge in [0.1, 0.15) is 4.88 Å². The molecule has 1 aliphatic heterocycles. The van der Waals surface area contributed by atoms with E-state index in [1.165, 1.54) is 11.3 Å². The maximum Gasteiger partial charge on any atom is 0.273 e. The maximum atomic E-state index is 12.7. The molecule has 6 nitrogen and oxygen atoms in total. The number of likely N-dealkylation sites (tertiary alicyclic amines) is 1. The Morgan fingerprint density at radius 2 is 2.43 bits per heavy atom. The van der Waals surface area contributed by atoms with E-state index in [1.807, 2.05) is 17.9 Å². The number of aryl methyl sites for hydroxylation is 1. The number of carbonyl (C=O) groups is 1. The third-order valence-corrected chi connectivity index (χ3v) is 4.92. The molecule has 1 amide bonds. The Kier molecular flexibility index (Phi) is 3.92. The van der Waals surface area contributed by atoms with E-state index < -0.39 is 0 Å². The molecule has 3 rings (SSSR count). The fraction of sp³-hybridized carbons (Fsp3) is 0.500. The second-order valence-electron chi connectivity index (χ2n) is 5.20. The summed E-state index contributed by atoms with van der Waals surface area (Å²) in [4.78, 5) is 19.5. The van der Waals surface area contributed by atoms with Crippen molar-refractivity contribution < 1.29 is 9.53 Å². The minimum absolute atomic E-state index is 0.0533. The average Bonchev–Trinajstić information content (AvgIpc) is 3.16. The molecule has 2 aromatic rings. The molecule has 0 spiro atoms. The molecule has 1 N–H and O–H groups in total. The largest absolute Gasteiger partial charge is 0.473 e. The number of thiazole rings is 1. The molecule has 7 heteroatoms. The Labute approximate surface area is 127 Å². The van der Waals surface area contributed by atoms with E-state index in [0.717, 1.165) is 37.3 Å². The van der Waals surface area contributed by atoms with Gasteiger partial charge >= 0.3 is 0 Å². The number of rotatable bonds is 3. The van der Waals surface area contributed by atoms with E-state index >= 15 is 0 Å². The van der Waals surface area contributed by atoms with Crippen LogP contribution in [0.15, 0.2) is 12.3 Å². The van der Waals surface area contributed by atoms with Crippen LogP contribution in [-0.4, -0.2) is 46.2 Å². The van der Waals surface area contributed by atoms with Crippen molar-refractivity contribution in [1.29, 1.82) is 0 Å². The fourth-order valence-electron chi connectivity index (χ4n) is 2.71. The molecule has 1 aliphatic rings. The minimum Gasteiger partial charge on any atom is -0.473 e. The molecule has 0 bridgehead atoms. The standard InChI is InChI=1S/C14H18N4O2S/c1-9-12(21-14(16-9)20-2)13(19)18-7-3-4-10(8-18)11-5-6-15-17-11/h5-6,10H,3-4,7-8H2,1-2H3,(H,15,17)/t10-/m1/s1. The minimum atomic E-state index is 0.0533. The summed E-state index contributed by atoms with van der Waals surface area (Å²) in [5.74, 6) is 0.387. The van der Waals surface area contributed by atoms with E-state index in [4.69, 9.17) is 4.74 Å². The zero-order valence-corrected chi connectivity index (χ0v) is 12.9. The second kappa shape index (κ2) is 5.85. The normalized spacial score (nSPS) is 18.8. The number of ether oxygens (including phenoxy) is 1. The Morgan fingerprint density at radius 3 is 3.10 bits per heavy atom. The summed E-state index contributed by atoms with van der Waals surface area (Å²) in [6.45, 7) is 3.37. The monoisotopic (exact) mass is 306 g/mol. The van der Waals surface area contributed by atoms with Gasteiger partial charge < -0.3 is 9.64 Å². The van der Waals surface area contributed by atoms with Crippen molar-refractivity contribution in [2.24, 2.45) is 0 Å². The first-order valence-corrected chi connectivity index (χ1v) is 7.80. The Hall–Kier alpha value is -1.89. The molecule has 1 fully saturated rings. The number of nitrogens with one attached hydrogen (secondary N) is 1. The van der Waals surface area contributed by atoms with Crippen molar-refractivity contribution in [3.8, 4) is 5.19 Å². The zero-order valence-electron chi connectivity index (χ0n) is 12.1. The number of methoxy groups -OCH3 is 1. The molecule has 0 radical (unpaired) electrons. The van der Waals surface area contributed by atoms with Crippen LogP contribution in [-0.2, 0) is 0 Å². The van der Waals surface area contributed by atoms with Crippen LogP contribution < -0.4 is 4.74 Å². The number of aromatic amines is 1. The highest BCUT2D eigenvalue weighted by atomic mass is 32.1. The first-order chi connectivity index (χ1) is 10.2. The molecule has 2 aromatic heterocycles. The van der Waals surface area contributed by atoms with Crippen molar-refractivity contribution in [1.82, 2.24) is 20.1 Å². The highest BCUT2D eigenvalue weighted by molar-refractivity contribution is 7.15. The fourth-order valence-corrected chi connectivity index (χ4v) is 3.56. The first kappa shape index (κ1) is 14.1. The van der Waals surface area contributed by atoms with Gasteiger partial charge in [-0.25, -0.2) is 4.98 Å². The summed E-state index contributed by atoms with van der Waals surface area (Å²) in [7, 11) is 1.57. The number of hydrogen-bond donors (Lipinski definition) is 1. The number of amides is 1. The number of aromatic nitrogens is 3. The molecule has 112 valence electrons. The highest BCUT2D eigenvalue weighted by Crippen LogP contribution is 2.30. The van der Waals surface area contributed by atoms with E-state index in [1.54, 1.807) is 13.3 Å².